The Morgan fingerprint density at radius 1 is 0.762 bits per heavy atom. The molecule has 222 valence electrons. The number of para-hydroxylation sites is 2. The van der Waals surface area contributed by atoms with Gasteiger partial charge in [0.25, 0.3) is 0 Å². The molecular weight excluding hydrogens is 589 g/mol. The van der Waals surface area contributed by atoms with Gasteiger partial charge in [0.05, 0.1) is 7.11 Å². The maximum absolute atomic E-state index is 5.84. The molecule has 0 N–H and O–H groups in total. The van der Waals surface area contributed by atoms with E-state index in [1.54, 1.807) is 7.11 Å². The summed E-state index contributed by atoms with van der Waals surface area (Å²) in [6.07, 6.45) is 8.59. The minimum atomic E-state index is -0.0686. The number of nitrogens with zero attached hydrogens (tertiary/aromatic N) is 2. The Kier molecular flexibility index (Phi) is 14.5. The zero-order valence-electron chi connectivity index (χ0n) is 27.9. The minimum Gasteiger partial charge on any atom is -0.496 e. The standard InChI is InChI=1S/C20H27O.2C9H12N.Y/c1-14-12-16(19(2,3)4)18(21-7)17(13-14)20(5,6)15-10-8-9-11-15;2*1-8-6-4-5-7-9(8)10(2)3;/h8-9,12-13H,10H2,1-7H3;2*4-7H,1H2,2-3H3;/q3*-1;+3. The zero-order chi connectivity index (χ0) is 31.0. The van der Waals surface area contributed by atoms with E-state index in [-0.39, 0.29) is 43.5 Å². The molecule has 0 saturated carbocycles. The first kappa shape index (κ1) is 37.4. The van der Waals surface area contributed by atoms with Gasteiger partial charge in [0.15, 0.2) is 0 Å². The summed E-state index contributed by atoms with van der Waals surface area (Å²) in [6, 6.07) is 20.7. The molecule has 0 amide bonds. The maximum Gasteiger partial charge on any atom is 3.00 e. The van der Waals surface area contributed by atoms with Crippen molar-refractivity contribution in [3.63, 3.8) is 0 Å². The quantitative estimate of drug-likeness (QED) is 0.259. The van der Waals surface area contributed by atoms with Gasteiger partial charge in [-0.05, 0) is 45.9 Å². The average Bonchev–Trinajstić information content (AvgIpc) is 3.45. The largest absolute Gasteiger partial charge is 3.00 e. The molecule has 4 heteroatoms. The summed E-state index contributed by atoms with van der Waals surface area (Å²) >= 11 is 0. The molecule has 0 aromatic heterocycles. The Labute approximate surface area is 282 Å². The number of rotatable bonds is 5. The number of anilines is 2. The van der Waals surface area contributed by atoms with Crippen LogP contribution in [-0.2, 0) is 43.5 Å². The second kappa shape index (κ2) is 16.3. The van der Waals surface area contributed by atoms with E-state index in [4.69, 9.17) is 4.74 Å². The number of methoxy groups -OCH3 is 1. The van der Waals surface area contributed by atoms with E-state index in [0.717, 1.165) is 23.3 Å². The molecule has 0 saturated heterocycles. The van der Waals surface area contributed by atoms with Gasteiger partial charge in [-0.25, -0.2) is 12.2 Å². The fraction of sp³-hybridized carbons (Fsp3) is 0.368. The van der Waals surface area contributed by atoms with Gasteiger partial charge in [-0.3, -0.25) is 6.08 Å². The van der Waals surface area contributed by atoms with E-state index >= 15 is 0 Å². The number of ether oxygens (including phenoxy) is 1. The van der Waals surface area contributed by atoms with Gasteiger partial charge in [0.1, 0.15) is 5.75 Å². The van der Waals surface area contributed by atoms with Crippen LogP contribution in [0.25, 0.3) is 0 Å². The Morgan fingerprint density at radius 3 is 1.55 bits per heavy atom. The molecule has 42 heavy (non-hydrogen) atoms. The number of allylic oxidation sites excluding steroid dienone is 4. The topological polar surface area (TPSA) is 15.7 Å². The molecule has 0 atom stereocenters. The van der Waals surface area contributed by atoms with Crippen molar-refractivity contribution < 1.29 is 37.4 Å². The Morgan fingerprint density at radius 2 is 1.21 bits per heavy atom. The normalized spacial score (nSPS) is 12.1. The van der Waals surface area contributed by atoms with Crippen molar-refractivity contribution >= 4 is 11.4 Å². The summed E-state index contributed by atoms with van der Waals surface area (Å²) in [5.74, 6) is 1.03. The number of benzene rings is 3. The van der Waals surface area contributed by atoms with E-state index in [9.17, 15) is 0 Å². The van der Waals surface area contributed by atoms with E-state index in [1.807, 2.05) is 70.7 Å². The molecule has 3 aromatic carbocycles. The molecule has 0 aliphatic heterocycles. The third kappa shape index (κ3) is 9.99. The van der Waals surface area contributed by atoms with Crippen molar-refractivity contribution in [2.75, 3.05) is 45.1 Å². The van der Waals surface area contributed by atoms with Gasteiger partial charge >= 0.3 is 32.7 Å². The maximum atomic E-state index is 5.84. The summed E-state index contributed by atoms with van der Waals surface area (Å²) in [5, 5.41) is 0. The predicted octanol–water partition coefficient (Wildman–Crippen LogP) is 9.14. The van der Waals surface area contributed by atoms with Crippen LogP contribution >= 0.6 is 0 Å². The van der Waals surface area contributed by atoms with E-state index in [0.29, 0.717) is 0 Å². The second-order valence-corrected chi connectivity index (χ2v) is 12.5. The number of hydrogen-bond acceptors (Lipinski definition) is 3. The van der Waals surface area contributed by atoms with Crippen LogP contribution in [0.2, 0.25) is 0 Å². The molecule has 1 aliphatic rings. The SMILES string of the molecule is COc1c(C(C)(C)C)cc(C)cc1C(C)(C)C1=[C-]C=CC1.[CH2-]c1ccccc1N(C)C.[CH2-]c1ccccc1N(C)C.[Y+3]. The first-order valence-electron chi connectivity index (χ1n) is 14.2. The summed E-state index contributed by atoms with van der Waals surface area (Å²) < 4.78 is 5.84. The van der Waals surface area contributed by atoms with Gasteiger partial charge < -0.3 is 14.5 Å². The molecule has 0 fully saturated rings. The fourth-order valence-electron chi connectivity index (χ4n) is 4.90. The van der Waals surface area contributed by atoms with Crippen LogP contribution in [-0.4, -0.2) is 35.3 Å². The van der Waals surface area contributed by atoms with Crippen LogP contribution in [0.3, 0.4) is 0 Å². The predicted molar refractivity (Wildman–Crippen MR) is 180 cm³/mol. The molecule has 0 spiro atoms. The minimum absolute atomic E-state index is 0. The summed E-state index contributed by atoms with van der Waals surface area (Å²) in [5.41, 5.74) is 9.67. The fourth-order valence-corrected chi connectivity index (χ4v) is 4.90. The molecule has 0 unspecified atom stereocenters. The second-order valence-electron chi connectivity index (χ2n) is 12.5. The summed E-state index contributed by atoms with van der Waals surface area (Å²) in [4.78, 5) is 4.12. The number of hydrogen-bond donors (Lipinski definition) is 0. The monoisotopic (exact) mass is 640 g/mol. The van der Waals surface area contributed by atoms with Crippen LogP contribution in [0, 0.1) is 26.8 Å². The molecular formula is C38H51N2OY. The Balaban J connectivity index is 0.000000351. The van der Waals surface area contributed by atoms with Crippen LogP contribution in [0.1, 0.15) is 68.9 Å². The van der Waals surface area contributed by atoms with Crippen molar-refractivity contribution in [1.82, 2.24) is 0 Å². The van der Waals surface area contributed by atoms with Gasteiger partial charge in [-0.15, -0.1) is 12.1 Å². The Hall–Kier alpha value is -2.62. The van der Waals surface area contributed by atoms with Crippen molar-refractivity contribution in [3.8, 4) is 5.75 Å². The van der Waals surface area contributed by atoms with Crippen LogP contribution in [0.4, 0.5) is 11.4 Å². The van der Waals surface area contributed by atoms with Gasteiger partial charge in [0.2, 0.25) is 0 Å². The first-order chi connectivity index (χ1) is 19.1. The zero-order valence-corrected chi connectivity index (χ0v) is 30.8. The number of aryl methyl sites for hydroxylation is 1. The van der Waals surface area contributed by atoms with E-state index in [2.05, 4.69) is 102 Å². The van der Waals surface area contributed by atoms with Crippen molar-refractivity contribution in [2.24, 2.45) is 0 Å². The molecule has 0 heterocycles. The average molecular weight is 641 g/mol. The molecule has 1 aliphatic carbocycles. The van der Waals surface area contributed by atoms with Gasteiger partial charge in [0, 0.05) is 11.1 Å². The molecule has 0 radical (unpaired) electrons. The van der Waals surface area contributed by atoms with Gasteiger partial charge in [-0.2, -0.15) is 42.7 Å². The molecule has 0 bridgehead atoms. The van der Waals surface area contributed by atoms with Crippen molar-refractivity contribution in [1.29, 1.82) is 0 Å². The Bertz CT molecular complexity index is 1290. The third-order valence-electron chi connectivity index (χ3n) is 7.32. The summed E-state index contributed by atoms with van der Waals surface area (Å²) in [6.45, 7) is 21.2. The third-order valence-corrected chi connectivity index (χ3v) is 7.32. The van der Waals surface area contributed by atoms with Crippen molar-refractivity contribution in [3.05, 3.63) is 126 Å². The van der Waals surface area contributed by atoms with Crippen molar-refractivity contribution in [2.45, 2.75) is 58.8 Å². The van der Waals surface area contributed by atoms with Gasteiger partial charge in [-0.1, -0.05) is 94.4 Å². The molecule has 4 rings (SSSR count). The van der Waals surface area contributed by atoms with E-state index in [1.165, 1.54) is 33.6 Å². The van der Waals surface area contributed by atoms with E-state index < -0.39 is 0 Å². The molecule has 3 nitrogen and oxygen atoms in total. The van der Waals surface area contributed by atoms with Crippen LogP contribution < -0.4 is 14.5 Å². The molecule has 3 aromatic rings. The van der Waals surface area contributed by atoms with Crippen LogP contribution in [0.15, 0.2) is 78.4 Å². The van der Waals surface area contributed by atoms with Crippen LogP contribution in [0.5, 0.6) is 5.75 Å². The summed E-state index contributed by atoms with van der Waals surface area (Å²) in [7, 11) is 9.85. The first-order valence-corrected chi connectivity index (χ1v) is 14.2. The smallest absolute Gasteiger partial charge is 0.496 e.